The standard InChI is InChI=1S/C16H24FN3O3S/c1-3-18-16(21)12-19-7-4-8-20(10-9-19)24(22,23)15-11-14(17)6-5-13(15)2/h5-6,11H,3-4,7-10,12H2,1-2H3,(H,18,21). The fourth-order valence-electron chi connectivity index (χ4n) is 2.79. The highest BCUT2D eigenvalue weighted by Crippen LogP contribution is 2.22. The van der Waals surface area contributed by atoms with Gasteiger partial charge in [0.2, 0.25) is 15.9 Å². The first kappa shape index (κ1) is 18.8. The van der Waals surface area contributed by atoms with E-state index in [0.717, 1.165) is 6.07 Å². The van der Waals surface area contributed by atoms with Gasteiger partial charge in [-0.3, -0.25) is 9.69 Å². The number of likely N-dealkylation sites (N-methyl/N-ethyl adjacent to an activating group) is 1. The topological polar surface area (TPSA) is 69.7 Å². The molecule has 1 amide bonds. The van der Waals surface area contributed by atoms with Crippen molar-refractivity contribution in [2.45, 2.75) is 25.2 Å². The number of hydrogen-bond donors (Lipinski definition) is 1. The Morgan fingerprint density at radius 3 is 2.71 bits per heavy atom. The summed E-state index contributed by atoms with van der Waals surface area (Å²) >= 11 is 0. The van der Waals surface area contributed by atoms with E-state index in [2.05, 4.69) is 5.32 Å². The summed E-state index contributed by atoms with van der Waals surface area (Å²) in [5, 5.41) is 2.74. The molecule has 0 radical (unpaired) electrons. The molecule has 1 aliphatic heterocycles. The van der Waals surface area contributed by atoms with Crippen LogP contribution in [0.15, 0.2) is 23.1 Å². The summed E-state index contributed by atoms with van der Waals surface area (Å²) in [4.78, 5) is 13.6. The maximum Gasteiger partial charge on any atom is 0.243 e. The molecule has 0 atom stereocenters. The molecule has 8 heteroatoms. The van der Waals surface area contributed by atoms with E-state index in [9.17, 15) is 17.6 Å². The number of sulfonamides is 1. The summed E-state index contributed by atoms with van der Waals surface area (Å²) < 4.78 is 40.5. The third-order valence-corrected chi connectivity index (χ3v) is 6.10. The number of nitrogens with one attached hydrogen (secondary N) is 1. The SMILES string of the molecule is CCNC(=O)CN1CCCN(S(=O)(=O)c2cc(F)ccc2C)CC1. The maximum absolute atomic E-state index is 13.5. The van der Waals surface area contributed by atoms with Gasteiger partial charge >= 0.3 is 0 Å². The van der Waals surface area contributed by atoms with Crippen LogP contribution in [0.2, 0.25) is 0 Å². The first-order chi connectivity index (χ1) is 11.3. The van der Waals surface area contributed by atoms with E-state index in [1.165, 1.54) is 16.4 Å². The van der Waals surface area contributed by atoms with E-state index < -0.39 is 15.8 Å². The zero-order chi connectivity index (χ0) is 17.7. The molecule has 2 rings (SSSR count). The predicted molar refractivity (Wildman–Crippen MR) is 89.6 cm³/mol. The molecule has 1 aliphatic rings. The molecule has 0 saturated carbocycles. The van der Waals surface area contributed by atoms with Crippen LogP contribution in [0.3, 0.4) is 0 Å². The lowest BCUT2D eigenvalue weighted by Gasteiger charge is -2.22. The van der Waals surface area contributed by atoms with Crippen molar-refractivity contribution in [3.8, 4) is 0 Å². The van der Waals surface area contributed by atoms with Crippen LogP contribution < -0.4 is 5.32 Å². The minimum Gasteiger partial charge on any atom is -0.355 e. The Balaban J connectivity index is 2.10. The monoisotopic (exact) mass is 357 g/mol. The Morgan fingerprint density at radius 1 is 1.25 bits per heavy atom. The van der Waals surface area contributed by atoms with Gasteiger partial charge in [-0.25, -0.2) is 12.8 Å². The lowest BCUT2D eigenvalue weighted by Crippen LogP contribution is -2.40. The maximum atomic E-state index is 13.5. The van der Waals surface area contributed by atoms with Crippen LogP contribution in [0, 0.1) is 12.7 Å². The molecule has 1 fully saturated rings. The highest BCUT2D eigenvalue weighted by Gasteiger charge is 2.28. The third-order valence-electron chi connectivity index (χ3n) is 4.06. The molecule has 1 aromatic carbocycles. The van der Waals surface area contributed by atoms with Gasteiger partial charge in [-0.05, 0) is 44.5 Å². The van der Waals surface area contributed by atoms with Crippen LogP contribution in [0.5, 0.6) is 0 Å². The van der Waals surface area contributed by atoms with Crippen LogP contribution in [0.4, 0.5) is 4.39 Å². The van der Waals surface area contributed by atoms with E-state index in [1.807, 2.05) is 11.8 Å². The number of halogens is 1. The normalized spacial score (nSPS) is 17.5. The van der Waals surface area contributed by atoms with Gasteiger partial charge in [0.1, 0.15) is 5.82 Å². The van der Waals surface area contributed by atoms with Gasteiger partial charge in [0.05, 0.1) is 11.4 Å². The second kappa shape index (κ2) is 8.04. The minimum atomic E-state index is -3.73. The van der Waals surface area contributed by atoms with Gasteiger partial charge in [-0.1, -0.05) is 6.07 Å². The van der Waals surface area contributed by atoms with E-state index in [4.69, 9.17) is 0 Å². The molecule has 1 heterocycles. The number of nitrogens with zero attached hydrogens (tertiary/aromatic N) is 2. The molecule has 6 nitrogen and oxygen atoms in total. The summed E-state index contributed by atoms with van der Waals surface area (Å²) in [6.45, 7) is 6.14. The van der Waals surface area contributed by atoms with Crippen molar-refractivity contribution in [2.75, 3.05) is 39.3 Å². The summed E-state index contributed by atoms with van der Waals surface area (Å²) in [6, 6.07) is 3.80. The van der Waals surface area contributed by atoms with Crippen molar-refractivity contribution in [3.63, 3.8) is 0 Å². The molecule has 0 unspecified atom stereocenters. The van der Waals surface area contributed by atoms with Crippen LogP contribution >= 0.6 is 0 Å². The largest absolute Gasteiger partial charge is 0.355 e. The minimum absolute atomic E-state index is 0.0136. The fraction of sp³-hybridized carbons (Fsp3) is 0.562. The van der Waals surface area contributed by atoms with E-state index >= 15 is 0 Å². The highest BCUT2D eigenvalue weighted by atomic mass is 32.2. The molecule has 24 heavy (non-hydrogen) atoms. The van der Waals surface area contributed by atoms with E-state index in [1.54, 1.807) is 6.92 Å². The second-order valence-corrected chi connectivity index (χ2v) is 7.80. The molecule has 0 bridgehead atoms. The average molecular weight is 357 g/mol. The molecule has 134 valence electrons. The Morgan fingerprint density at radius 2 is 2.00 bits per heavy atom. The summed E-state index contributed by atoms with van der Waals surface area (Å²) in [5.74, 6) is -0.623. The number of aryl methyl sites for hydroxylation is 1. The molecule has 0 spiro atoms. The number of amides is 1. The lowest BCUT2D eigenvalue weighted by molar-refractivity contribution is -0.122. The molecule has 0 aromatic heterocycles. The quantitative estimate of drug-likeness (QED) is 0.852. The number of rotatable bonds is 5. The van der Waals surface area contributed by atoms with E-state index in [0.29, 0.717) is 38.2 Å². The Hall–Kier alpha value is -1.51. The average Bonchev–Trinajstić information content (AvgIpc) is 2.76. The predicted octanol–water partition coefficient (Wildman–Crippen LogP) is 0.967. The smallest absolute Gasteiger partial charge is 0.243 e. The van der Waals surface area contributed by atoms with Gasteiger partial charge in [0, 0.05) is 26.2 Å². The Kier molecular flexibility index (Phi) is 6.31. The molecular formula is C16H24FN3O3S. The number of carbonyl (C=O) groups excluding carboxylic acids is 1. The third kappa shape index (κ3) is 4.52. The van der Waals surface area contributed by atoms with Gasteiger partial charge in [0.25, 0.3) is 0 Å². The van der Waals surface area contributed by atoms with Crippen molar-refractivity contribution in [1.82, 2.24) is 14.5 Å². The summed E-state index contributed by atoms with van der Waals surface area (Å²) in [7, 11) is -3.73. The first-order valence-electron chi connectivity index (χ1n) is 8.10. The zero-order valence-electron chi connectivity index (χ0n) is 14.1. The lowest BCUT2D eigenvalue weighted by atomic mass is 10.2. The van der Waals surface area contributed by atoms with Crippen LogP contribution in [-0.4, -0.2) is 62.8 Å². The Bertz CT molecular complexity index is 694. The van der Waals surface area contributed by atoms with Crippen LogP contribution in [-0.2, 0) is 14.8 Å². The molecule has 1 N–H and O–H groups in total. The molecule has 1 aromatic rings. The molecule has 0 aliphatic carbocycles. The molecular weight excluding hydrogens is 333 g/mol. The van der Waals surface area contributed by atoms with Crippen LogP contribution in [0.25, 0.3) is 0 Å². The van der Waals surface area contributed by atoms with Crippen LogP contribution in [0.1, 0.15) is 18.9 Å². The van der Waals surface area contributed by atoms with E-state index in [-0.39, 0.29) is 23.9 Å². The Labute approximate surface area is 142 Å². The number of carbonyl (C=O) groups is 1. The number of benzene rings is 1. The fourth-order valence-corrected chi connectivity index (χ4v) is 4.50. The summed E-state index contributed by atoms with van der Waals surface area (Å²) in [6.07, 6.45) is 0.632. The van der Waals surface area contributed by atoms with Gasteiger partial charge in [-0.15, -0.1) is 0 Å². The first-order valence-corrected chi connectivity index (χ1v) is 9.54. The summed E-state index contributed by atoms with van der Waals surface area (Å²) in [5.41, 5.74) is 0.528. The van der Waals surface area contributed by atoms with Crippen molar-refractivity contribution in [1.29, 1.82) is 0 Å². The second-order valence-electron chi connectivity index (χ2n) is 5.90. The zero-order valence-corrected chi connectivity index (χ0v) is 14.9. The van der Waals surface area contributed by atoms with Gasteiger partial charge in [-0.2, -0.15) is 4.31 Å². The van der Waals surface area contributed by atoms with Crippen molar-refractivity contribution >= 4 is 15.9 Å². The van der Waals surface area contributed by atoms with Gasteiger partial charge in [0.15, 0.2) is 0 Å². The van der Waals surface area contributed by atoms with Crippen molar-refractivity contribution in [3.05, 3.63) is 29.6 Å². The van der Waals surface area contributed by atoms with Crippen molar-refractivity contribution < 1.29 is 17.6 Å². The number of hydrogen-bond acceptors (Lipinski definition) is 4. The van der Waals surface area contributed by atoms with Crippen molar-refractivity contribution in [2.24, 2.45) is 0 Å². The highest BCUT2D eigenvalue weighted by molar-refractivity contribution is 7.89. The molecule has 1 saturated heterocycles. The van der Waals surface area contributed by atoms with Gasteiger partial charge < -0.3 is 5.32 Å².